The molecule has 0 aliphatic rings. The first-order valence-corrected chi connectivity index (χ1v) is 5.78. The second-order valence-electron chi connectivity index (χ2n) is 4.03. The third-order valence-corrected chi connectivity index (χ3v) is 2.70. The average molecular weight is 255 g/mol. The minimum absolute atomic E-state index is 0.00900. The minimum atomic E-state index is -0.651. The number of Topliss-reactive ketones (excluding diaryl/α,β-unsaturated/α-hetero) is 1. The Balaban J connectivity index is 2.48. The van der Waals surface area contributed by atoms with Crippen LogP contribution < -0.4 is 0 Å². The van der Waals surface area contributed by atoms with Crippen molar-refractivity contribution >= 4 is 28.7 Å². The van der Waals surface area contributed by atoms with Crippen LogP contribution >= 0.6 is 0 Å². The zero-order chi connectivity index (χ0) is 13.8. The van der Waals surface area contributed by atoms with Crippen LogP contribution in [0.25, 0.3) is 17.0 Å². The Kier molecular flexibility index (Phi) is 3.71. The highest BCUT2D eigenvalue weighted by Crippen LogP contribution is 2.14. The SMILES string of the molecule is COC(=O)C(=Cc1ccc2ccccc2n1)C(C)=O. The molecule has 1 heterocycles. The van der Waals surface area contributed by atoms with Crippen molar-refractivity contribution < 1.29 is 14.3 Å². The number of rotatable bonds is 3. The van der Waals surface area contributed by atoms with Gasteiger partial charge < -0.3 is 4.74 Å². The summed E-state index contributed by atoms with van der Waals surface area (Å²) in [6.07, 6.45) is 1.45. The van der Waals surface area contributed by atoms with Crippen LogP contribution in [0.1, 0.15) is 12.6 Å². The first-order chi connectivity index (χ1) is 9.11. The summed E-state index contributed by atoms with van der Waals surface area (Å²) in [7, 11) is 1.24. The van der Waals surface area contributed by atoms with Gasteiger partial charge in [-0.25, -0.2) is 9.78 Å². The Hall–Kier alpha value is -2.49. The fourth-order valence-electron chi connectivity index (χ4n) is 1.72. The van der Waals surface area contributed by atoms with E-state index in [0.717, 1.165) is 10.9 Å². The fraction of sp³-hybridized carbons (Fsp3) is 0.133. The van der Waals surface area contributed by atoms with E-state index in [1.54, 1.807) is 6.07 Å². The zero-order valence-electron chi connectivity index (χ0n) is 10.7. The standard InChI is InChI=1S/C15H13NO3/c1-10(17)13(15(18)19-2)9-12-8-7-11-5-3-4-6-14(11)16-12/h3-9H,1-2H3. The van der Waals surface area contributed by atoms with Crippen LogP contribution in [0, 0.1) is 0 Å². The zero-order valence-corrected chi connectivity index (χ0v) is 10.7. The molecular weight excluding hydrogens is 242 g/mol. The summed E-state index contributed by atoms with van der Waals surface area (Å²) in [6.45, 7) is 1.32. The molecule has 96 valence electrons. The molecular formula is C15H13NO3. The van der Waals surface area contributed by atoms with Gasteiger partial charge in [0.05, 0.1) is 18.3 Å². The monoisotopic (exact) mass is 255 g/mol. The number of pyridine rings is 1. The van der Waals surface area contributed by atoms with Crippen LogP contribution in [0.3, 0.4) is 0 Å². The Morgan fingerprint density at radius 2 is 1.89 bits per heavy atom. The first kappa shape index (κ1) is 13.0. The molecule has 0 aliphatic heterocycles. The van der Waals surface area contributed by atoms with E-state index in [-0.39, 0.29) is 11.4 Å². The van der Waals surface area contributed by atoms with Gasteiger partial charge in [0.1, 0.15) is 5.57 Å². The molecule has 0 radical (unpaired) electrons. The fourth-order valence-corrected chi connectivity index (χ4v) is 1.72. The van der Waals surface area contributed by atoms with Crippen LogP contribution in [0.5, 0.6) is 0 Å². The Morgan fingerprint density at radius 1 is 1.16 bits per heavy atom. The molecule has 0 saturated carbocycles. The third kappa shape index (κ3) is 2.85. The number of ether oxygens (including phenoxy) is 1. The molecule has 0 fully saturated rings. The highest BCUT2D eigenvalue weighted by molar-refractivity contribution is 6.19. The largest absolute Gasteiger partial charge is 0.465 e. The molecule has 1 aromatic heterocycles. The van der Waals surface area contributed by atoms with E-state index in [2.05, 4.69) is 9.72 Å². The Labute approximate surface area is 110 Å². The molecule has 0 amide bonds. The van der Waals surface area contributed by atoms with Crippen molar-refractivity contribution in [2.75, 3.05) is 7.11 Å². The second kappa shape index (κ2) is 5.44. The lowest BCUT2D eigenvalue weighted by Crippen LogP contribution is -2.11. The van der Waals surface area contributed by atoms with E-state index < -0.39 is 5.97 Å². The molecule has 1 aromatic carbocycles. The molecule has 0 N–H and O–H groups in total. The number of para-hydroxylation sites is 1. The predicted octanol–water partition coefficient (Wildman–Crippen LogP) is 2.38. The van der Waals surface area contributed by atoms with Gasteiger partial charge in [0.15, 0.2) is 5.78 Å². The van der Waals surface area contributed by atoms with Crippen molar-refractivity contribution in [2.45, 2.75) is 6.92 Å². The number of aromatic nitrogens is 1. The number of fused-ring (bicyclic) bond motifs is 1. The van der Waals surface area contributed by atoms with E-state index in [1.165, 1.54) is 20.1 Å². The van der Waals surface area contributed by atoms with E-state index in [9.17, 15) is 9.59 Å². The minimum Gasteiger partial charge on any atom is -0.465 e. The Morgan fingerprint density at radius 3 is 2.58 bits per heavy atom. The lowest BCUT2D eigenvalue weighted by molar-refractivity contribution is -0.137. The van der Waals surface area contributed by atoms with Gasteiger partial charge in [-0.3, -0.25) is 4.79 Å². The number of hydrogen-bond donors (Lipinski definition) is 0. The van der Waals surface area contributed by atoms with E-state index in [1.807, 2.05) is 30.3 Å². The molecule has 4 nitrogen and oxygen atoms in total. The molecule has 2 rings (SSSR count). The van der Waals surface area contributed by atoms with Crippen LogP contribution in [0.15, 0.2) is 42.0 Å². The summed E-state index contributed by atoms with van der Waals surface area (Å²) in [5, 5.41) is 1.00. The summed E-state index contributed by atoms with van der Waals surface area (Å²) >= 11 is 0. The molecule has 0 saturated heterocycles. The molecule has 0 bridgehead atoms. The quantitative estimate of drug-likeness (QED) is 0.366. The van der Waals surface area contributed by atoms with Crippen molar-refractivity contribution in [1.29, 1.82) is 0 Å². The average Bonchev–Trinajstić information content (AvgIpc) is 2.43. The highest BCUT2D eigenvalue weighted by Gasteiger charge is 2.14. The summed E-state index contributed by atoms with van der Waals surface area (Å²) in [4.78, 5) is 27.3. The van der Waals surface area contributed by atoms with Gasteiger partial charge in [0.2, 0.25) is 0 Å². The van der Waals surface area contributed by atoms with Crippen molar-refractivity contribution in [1.82, 2.24) is 4.98 Å². The number of nitrogens with zero attached hydrogens (tertiary/aromatic N) is 1. The number of esters is 1. The van der Waals surface area contributed by atoms with E-state index >= 15 is 0 Å². The van der Waals surface area contributed by atoms with Crippen molar-refractivity contribution in [3.8, 4) is 0 Å². The van der Waals surface area contributed by atoms with E-state index in [0.29, 0.717) is 5.69 Å². The molecule has 19 heavy (non-hydrogen) atoms. The number of benzene rings is 1. The highest BCUT2D eigenvalue weighted by atomic mass is 16.5. The van der Waals surface area contributed by atoms with Gasteiger partial charge >= 0.3 is 5.97 Å². The summed E-state index contributed by atoms with van der Waals surface area (Å²) in [5.74, 6) is -0.996. The van der Waals surface area contributed by atoms with Crippen LogP contribution in [-0.4, -0.2) is 23.8 Å². The smallest absolute Gasteiger partial charge is 0.341 e. The molecule has 4 heteroatoms. The number of ketones is 1. The van der Waals surface area contributed by atoms with Crippen LogP contribution in [0.2, 0.25) is 0 Å². The van der Waals surface area contributed by atoms with Gasteiger partial charge in [-0.2, -0.15) is 0 Å². The number of hydrogen-bond acceptors (Lipinski definition) is 4. The number of carbonyl (C=O) groups excluding carboxylic acids is 2. The molecule has 2 aromatic rings. The molecule has 0 atom stereocenters. The summed E-state index contributed by atoms with van der Waals surface area (Å²) < 4.78 is 4.58. The Bertz CT molecular complexity index is 674. The molecule has 0 aliphatic carbocycles. The summed E-state index contributed by atoms with van der Waals surface area (Å²) in [5.41, 5.74) is 1.35. The second-order valence-corrected chi connectivity index (χ2v) is 4.03. The van der Waals surface area contributed by atoms with Gasteiger partial charge in [0, 0.05) is 5.39 Å². The van der Waals surface area contributed by atoms with Crippen molar-refractivity contribution in [2.24, 2.45) is 0 Å². The topological polar surface area (TPSA) is 56.3 Å². The molecule has 0 spiro atoms. The first-order valence-electron chi connectivity index (χ1n) is 5.78. The van der Waals surface area contributed by atoms with Crippen molar-refractivity contribution in [3.05, 3.63) is 47.7 Å². The lowest BCUT2D eigenvalue weighted by Gasteiger charge is -2.02. The number of carbonyl (C=O) groups is 2. The van der Waals surface area contributed by atoms with E-state index in [4.69, 9.17) is 0 Å². The normalized spacial score (nSPS) is 11.4. The maximum Gasteiger partial charge on any atom is 0.341 e. The predicted molar refractivity (Wildman–Crippen MR) is 72.4 cm³/mol. The lowest BCUT2D eigenvalue weighted by atomic mass is 10.1. The maximum absolute atomic E-state index is 11.5. The van der Waals surface area contributed by atoms with Crippen LogP contribution in [-0.2, 0) is 14.3 Å². The van der Waals surface area contributed by atoms with Crippen molar-refractivity contribution in [3.63, 3.8) is 0 Å². The summed E-state index contributed by atoms with van der Waals surface area (Å²) in [6, 6.07) is 11.3. The van der Waals surface area contributed by atoms with Gasteiger partial charge in [-0.1, -0.05) is 24.3 Å². The number of methoxy groups -OCH3 is 1. The van der Waals surface area contributed by atoms with Gasteiger partial charge in [-0.05, 0) is 25.1 Å². The van der Waals surface area contributed by atoms with Gasteiger partial charge in [-0.15, -0.1) is 0 Å². The van der Waals surface area contributed by atoms with Crippen LogP contribution in [0.4, 0.5) is 0 Å². The van der Waals surface area contributed by atoms with Gasteiger partial charge in [0.25, 0.3) is 0 Å². The third-order valence-electron chi connectivity index (χ3n) is 2.70. The maximum atomic E-state index is 11.5. The molecule has 0 unspecified atom stereocenters.